The summed E-state index contributed by atoms with van der Waals surface area (Å²) in [7, 11) is 0. The summed E-state index contributed by atoms with van der Waals surface area (Å²) in [5.74, 6) is 1.27. The van der Waals surface area contributed by atoms with Crippen LogP contribution in [0.1, 0.15) is 25.1 Å². The van der Waals surface area contributed by atoms with Gasteiger partial charge in [-0.2, -0.15) is 0 Å². The molecule has 2 aromatic heterocycles. The van der Waals surface area contributed by atoms with Gasteiger partial charge in [-0.25, -0.2) is 9.37 Å². The minimum atomic E-state index is -0.375. The first-order chi connectivity index (χ1) is 16.5. The van der Waals surface area contributed by atoms with Crippen molar-refractivity contribution in [3.8, 4) is 16.9 Å². The van der Waals surface area contributed by atoms with Gasteiger partial charge < -0.3 is 19.9 Å². The van der Waals surface area contributed by atoms with Crippen LogP contribution in [0.15, 0.2) is 42.7 Å². The molecule has 2 aliphatic rings. The van der Waals surface area contributed by atoms with Crippen LogP contribution in [0.4, 0.5) is 15.9 Å². The van der Waals surface area contributed by atoms with Gasteiger partial charge in [0.2, 0.25) is 0 Å². The molecule has 0 bridgehead atoms. The van der Waals surface area contributed by atoms with Gasteiger partial charge >= 0.3 is 0 Å². The van der Waals surface area contributed by atoms with Gasteiger partial charge in [-0.05, 0) is 49.2 Å². The molecule has 4 heterocycles. The Kier molecular flexibility index (Phi) is 6.57. The highest BCUT2D eigenvalue weighted by atomic mass is 35.5. The Labute approximate surface area is 204 Å². The number of anilines is 2. The molecule has 34 heavy (non-hydrogen) atoms. The number of hydrogen-bond donors (Lipinski definition) is 1. The molecule has 0 atom stereocenters. The topological polar surface area (TPSA) is 53.5 Å². The average molecular weight is 482 g/mol. The number of benzene rings is 1. The molecule has 1 aromatic carbocycles. The highest BCUT2D eigenvalue weighted by Gasteiger charge is 2.24. The summed E-state index contributed by atoms with van der Waals surface area (Å²) in [6.45, 7) is 9.46. The molecule has 1 saturated heterocycles. The Morgan fingerprint density at radius 2 is 1.91 bits per heavy atom. The van der Waals surface area contributed by atoms with E-state index in [9.17, 15) is 4.39 Å². The molecule has 1 fully saturated rings. The summed E-state index contributed by atoms with van der Waals surface area (Å²) in [5, 5.41) is 3.84. The fourth-order valence-corrected chi connectivity index (χ4v) is 4.87. The monoisotopic (exact) mass is 481 g/mol. The summed E-state index contributed by atoms with van der Waals surface area (Å²) in [6, 6.07) is 9.95. The number of aromatic nitrogens is 2. The van der Waals surface area contributed by atoms with E-state index in [1.807, 2.05) is 12.3 Å². The van der Waals surface area contributed by atoms with Crippen LogP contribution in [0.5, 0.6) is 5.75 Å². The van der Waals surface area contributed by atoms with Gasteiger partial charge in [0.05, 0.1) is 23.5 Å². The van der Waals surface area contributed by atoms with E-state index in [4.69, 9.17) is 16.3 Å². The Morgan fingerprint density at radius 3 is 2.65 bits per heavy atom. The number of halogens is 2. The van der Waals surface area contributed by atoms with Crippen molar-refractivity contribution in [1.29, 1.82) is 0 Å². The zero-order chi connectivity index (χ0) is 23.7. The lowest BCUT2D eigenvalue weighted by Gasteiger charge is -2.35. The second-order valence-electron chi connectivity index (χ2n) is 9.04. The first-order valence-corrected chi connectivity index (χ1v) is 12.2. The fraction of sp³-hybridized carbons (Fsp3) is 0.385. The zero-order valence-electron chi connectivity index (χ0n) is 19.5. The number of piperazine rings is 1. The number of pyridine rings is 2. The van der Waals surface area contributed by atoms with Gasteiger partial charge in [-0.3, -0.25) is 4.98 Å². The minimum Gasteiger partial charge on any atom is -0.488 e. The van der Waals surface area contributed by atoms with E-state index < -0.39 is 0 Å². The van der Waals surface area contributed by atoms with Gasteiger partial charge in [-0.1, -0.05) is 17.7 Å². The van der Waals surface area contributed by atoms with Crippen LogP contribution in [-0.4, -0.2) is 55.3 Å². The van der Waals surface area contributed by atoms with E-state index in [-0.39, 0.29) is 11.9 Å². The van der Waals surface area contributed by atoms with Crippen LogP contribution >= 0.6 is 11.6 Å². The molecular weight excluding hydrogens is 453 g/mol. The first-order valence-electron chi connectivity index (χ1n) is 11.8. The standard InChI is InChI=1S/C26H29ClFN5O/c1-17(2)33-9-10-34-26-22(27)12-19(13-24(26)33)21-14-20(30-16-23(21)28)11-18-3-4-25(31-15-18)32-7-5-29-6-8-32/h3-4,12-17,29H,5-11H2,1-2H3. The van der Waals surface area contributed by atoms with Gasteiger partial charge in [0, 0.05) is 56.1 Å². The molecule has 178 valence electrons. The predicted molar refractivity (Wildman–Crippen MR) is 135 cm³/mol. The number of hydrogen-bond acceptors (Lipinski definition) is 6. The van der Waals surface area contributed by atoms with Gasteiger partial charge in [0.1, 0.15) is 18.2 Å². The van der Waals surface area contributed by atoms with Gasteiger partial charge in [0.25, 0.3) is 0 Å². The lowest BCUT2D eigenvalue weighted by Crippen LogP contribution is -2.43. The van der Waals surface area contributed by atoms with E-state index in [1.54, 1.807) is 12.1 Å². The molecule has 0 saturated carbocycles. The van der Waals surface area contributed by atoms with Crippen molar-refractivity contribution in [2.75, 3.05) is 49.1 Å². The van der Waals surface area contributed by atoms with Crippen LogP contribution in [0.3, 0.4) is 0 Å². The molecule has 6 nitrogen and oxygen atoms in total. The molecule has 8 heteroatoms. The second kappa shape index (κ2) is 9.76. The van der Waals surface area contributed by atoms with Gasteiger partial charge in [0.15, 0.2) is 5.75 Å². The second-order valence-corrected chi connectivity index (χ2v) is 9.44. The highest BCUT2D eigenvalue weighted by Crippen LogP contribution is 2.43. The predicted octanol–water partition coefficient (Wildman–Crippen LogP) is 4.54. The summed E-state index contributed by atoms with van der Waals surface area (Å²) in [4.78, 5) is 13.5. The van der Waals surface area contributed by atoms with Crippen LogP contribution in [-0.2, 0) is 6.42 Å². The highest BCUT2D eigenvalue weighted by molar-refractivity contribution is 6.33. The lowest BCUT2D eigenvalue weighted by molar-refractivity contribution is 0.303. The third kappa shape index (κ3) is 4.68. The Morgan fingerprint density at radius 1 is 1.09 bits per heavy atom. The largest absolute Gasteiger partial charge is 0.488 e. The molecule has 3 aromatic rings. The third-order valence-electron chi connectivity index (χ3n) is 6.39. The SMILES string of the molecule is CC(C)N1CCOc2c(Cl)cc(-c3cc(Cc4ccc(N5CCNCC5)nc4)ncc3F)cc21. The maximum Gasteiger partial charge on any atom is 0.161 e. The normalized spacial score (nSPS) is 15.9. The zero-order valence-corrected chi connectivity index (χ0v) is 20.3. The van der Waals surface area contributed by atoms with Crippen molar-refractivity contribution in [2.24, 2.45) is 0 Å². The number of rotatable bonds is 5. The average Bonchev–Trinajstić information content (AvgIpc) is 2.86. The van der Waals surface area contributed by atoms with E-state index in [0.717, 1.165) is 55.5 Å². The fourth-order valence-electron chi connectivity index (χ4n) is 4.60. The molecule has 0 radical (unpaired) electrons. The van der Waals surface area contributed by atoms with Crippen LogP contribution in [0.2, 0.25) is 5.02 Å². The van der Waals surface area contributed by atoms with E-state index in [0.29, 0.717) is 34.9 Å². The summed E-state index contributed by atoms with van der Waals surface area (Å²) < 4.78 is 20.7. The maximum absolute atomic E-state index is 14.9. The van der Waals surface area contributed by atoms with Crippen LogP contribution in [0, 0.1) is 5.82 Å². The van der Waals surface area contributed by atoms with Crippen molar-refractivity contribution >= 4 is 23.1 Å². The van der Waals surface area contributed by atoms with E-state index in [2.05, 4.69) is 51.1 Å². The molecule has 5 rings (SSSR count). The van der Waals surface area contributed by atoms with Crippen molar-refractivity contribution in [2.45, 2.75) is 26.3 Å². The first kappa shape index (κ1) is 22.9. The summed E-state index contributed by atoms with van der Waals surface area (Å²) in [6.07, 6.45) is 3.75. The molecule has 2 aliphatic heterocycles. The summed E-state index contributed by atoms with van der Waals surface area (Å²) >= 11 is 6.56. The molecule has 1 N–H and O–H groups in total. The molecule has 0 unspecified atom stereocenters. The molecule has 0 spiro atoms. The Hall–Kier alpha value is -2.90. The van der Waals surface area contributed by atoms with Crippen molar-refractivity contribution in [3.63, 3.8) is 0 Å². The third-order valence-corrected chi connectivity index (χ3v) is 6.67. The quantitative estimate of drug-likeness (QED) is 0.577. The minimum absolute atomic E-state index is 0.281. The van der Waals surface area contributed by atoms with E-state index >= 15 is 0 Å². The van der Waals surface area contributed by atoms with Crippen molar-refractivity contribution < 1.29 is 9.13 Å². The number of nitrogens with zero attached hydrogens (tertiary/aromatic N) is 4. The van der Waals surface area contributed by atoms with Crippen LogP contribution < -0.4 is 19.9 Å². The lowest BCUT2D eigenvalue weighted by atomic mass is 10.0. The summed E-state index contributed by atoms with van der Waals surface area (Å²) in [5.41, 5.74) is 3.91. The van der Waals surface area contributed by atoms with Gasteiger partial charge in [-0.15, -0.1) is 0 Å². The van der Waals surface area contributed by atoms with Crippen molar-refractivity contribution in [3.05, 3.63) is 64.8 Å². The number of ether oxygens (including phenoxy) is 1. The number of nitrogens with one attached hydrogen (secondary N) is 1. The van der Waals surface area contributed by atoms with E-state index in [1.165, 1.54) is 6.20 Å². The Balaban J connectivity index is 1.41. The maximum atomic E-state index is 14.9. The van der Waals surface area contributed by atoms with Crippen molar-refractivity contribution in [1.82, 2.24) is 15.3 Å². The number of fused-ring (bicyclic) bond motifs is 1. The Bertz CT molecular complexity index is 1160. The molecular formula is C26H29ClFN5O. The molecule has 0 amide bonds. The smallest absolute Gasteiger partial charge is 0.161 e. The van der Waals surface area contributed by atoms with Crippen LogP contribution in [0.25, 0.3) is 11.1 Å². The molecule has 0 aliphatic carbocycles.